The smallest absolute Gasteiger partial charge is 0.332 e. The summed E-state index contributed by atoms with van der Waals surface area (Å²) in [5.41, 5.74) is 6.34. The molecule has 5 amide bonds. The van der Waals surface area contributed by atoms with Crippen LogP contribution in [0.5, 0.6) is 0 Å². The average molecular weight is 435 g/mol. The summed E-state index contributed by atoms with van der Waals surface area (Å²) in [4.78, 5) is 40.4. The van der Waals surface area contributed by atoms with Crippen molar-refractivity contribution in [3.05, 3.63) is 58.9 Å². The van der Waals surface area contributed by atoms with Gasteiger partial charge in [0, 0.05) is 0 Å². The fourth-order valence-electron chi connectivity index (χ4n) is 3.96. The number of carbonyl (C=O) groups is 3. The number of amides is 5. The van der Waals surface area contributed by atoms with Crippen LogP contribution in [0, 0.1) is 17.1 Å². The van der Waals surface area contributed by atoms with Crippen LogP contribution in [-0.2, 0) is 11.3 Å². The van der Waals surface area contributed by atoms with Crippen molar-refractivity contribution < 1.29 is 18.8 Å². The van der Waals surface area contributed by atoms with Gasteiger partial charge in [-0.05, 0) is 74.1 Å². The Morgan fingerprint density at radius 1 is 1.25 bits per heavy atom. The molecule has 3 N–H and O–H groups in total. The standard InChI is InChI=1S/C23H22FN5O3/c1-23(2)20(30)29(17-8-6-14(11-25)18(10-17)13-3-4-13)22(32)28(23)12-15-5-7-16(24)9-19(15)27-21(26)31/h5-10,13H,3-4,12H2,1-2H3,(H3,26,27,31). The maximum Gasteiger partial charge on any atom is 0.332 e. The zero-order valence-electron chi connectivity index (χ0n) is 17.7. The number of hydrogen-bond acceptors (Lipinski definition) is 4. The summed E-state index contributed by atoms with van der Waals surface area (Å²) < 4.78 is 13.7. The van der Waals surface area contributed by atoms with Gasteiger partial charge < -0.3 is 16.0 Å². The molecule has 0 atom stereocenters. The van der Waals surface area contributed by atoms with E-state index in [2.05, 4.69) is 11.4 Å². The van der Waals surface area contributed by atoms with Gasteiger partial charge in [0.05, 0.1) is 29.6 Å². The third-order valence-electron chi connectivity index (χ3n) is 5.91. The minimum absolute atomic E-state index is 0.0459. The van der Waals surface area contributed by atoms with E-state index in [1.807, 2.05) is 0 Å². The van der Waals surface area contributed by atoms with E-state index in [0.717, 1.165) is 29.4 Å². The van der Waals surface area contributed by atoms with Crippen molar-refractivity contribution in [1.29, 1.82) is 5.26 Å². The minimum atomic E-state index is -1.19. The minimum Gasteiger partial charge on any atom is -0.351 e. The van der Waals surface area contributed by atoms with Crippen LogP contribution in [0.25, 0.3) is 0 Å². The van der Waals surface area contributed by atoms with Gasteiger partial charge in [-0.15, -0.1) is 0 Å². The number of halogens is 1. The van der Waals surface area contributed by atoms with Crippen LogP contribution in [0.3, 0.4) is 0 Å². The molecule has 0 aromatic heterocycles. The van der Waals surface area contributed by atoms with Crippen molar-refractivity contribution in [2.24, 2.45) is 5.73 Å². The Morgan fingerprint density at radius 2 is 1.97 bits per heavy atom. The maximum absolute atomic E-state index is 13.7. The van der Waals surface area contributed by atoms with Crippen molar-refractivity contribution in [2.75, 3.05) is 10.2 Å². The molecule has 9 heteroatoms. The second-order valence-electron chi connectivity index (χ2n) is 8.52. The molecule has 1 saturated heterocycles. The number of anilines is 2. The van der Waals surface area contributed by atoms with E-state index in [1.54, 1.807) is 32.0 Å². The number of hydrogen-bond donors (Lipinski definition) is 2. The maximum atomic E-state index is 13.7. The molecule has 4 rings (SSSR count). The SMILES string of the molecule is CC1(C)C(=O)N(c2ccc(C#N)c(C3CC3)c2)C(=O)N1Cc1ccc(F)cc1NC(N)=O. The van der Waals surface area contributed by atoms with Crippen LogP contribution >= 0.6 is 0 Å². The second-order valence-corrected chi connectivity index (χ2v) is 8.52. The number of imide groups is 1. The van der Waals surface area contributed by atoms with Gasteiger partial charge in [0.25, 0.3) is 5.91 Å². The molecule has 32 heavy (non-hydrogen) atoms. The Morgan fingerprint density at radius 3 is 2.59 bits per heavy atom. The molecule has 0 spiro atoms. The van der Waals surface area contributed by atoms with Gasteiger partial charge in [-0.25, -0.2) is 18.9 Å². The summed E-state index contributed by atoms with van der Waals surface area (Å²) in [6, 6.07) is 9.47. The highest BCUT2D eigenvalue weighted by Gasteiger charge is 2.52. The van der Waals surface area contributed by atoms with E-state index in [9.17, 15) is 24.0 Å². The summed E-state index contributed by atoms with van der Waals surface area (Å²) in [7, 11) is 0. The van der Waals surface area contributed by atoms with Crippen molar-refractivity contribution in [3.63, 3.8) is 0 Å². The molecule has 164 valence electrons. The summed E-state index contributed by atoms with van der Waals surface area (Å²) in [6.07, 6.45) is 1.94. The molecule has 8 nitrogen and oxygen atoms in total. The summed E-state index contributed by atoms with van der Waals surface area (Å²) in [6.45, 7) is 3.21. The number of carbonyl (C=O) groups excluding carboxylic acids is 3. The summed E-state index contributed by atoms with van der Waals surface area (Å²) >= 11 is 0. The Hall–Kier alpha value is -3.93. The van der Waals surface area contributed by atoms with Gasteiger partial charge in [-0.3, -0.25) is 4.79 Å². The van der Waals surface area contributed by atoms with Gasteiger partial charge in [0.2, 0.25) is 0 Å². The first-order valence-corrected chi connectivity index (χ1v) is 10.2. The first-order valence-electron chi connectivity index (χ1n) is 10.2. The lowest BCUT2D eigenvalue weighted by atomic mass is 10.0. The molecule has 2 aromatic rings. The van der Waals surface area contributed by atoms with Crippen molar-refractivity contribution >= 4 is 29.3 Å². The van der Waals surface area contributed by atoms with Crippen LogP contribution in [-0.4, -0.2) is 28.4 Å². The molecule has 2 aromatic carbocycles. The predicted molar refractivity (Wildman–Crippen MR) is 115 cm³/mol. The molecule has 1 aliphatic heterocycles. The zero-order chi connectivity index (χ0) is 23.2. The molecule has 2 fully saturated rings. The molecule has 0 unspecified atom stereocenters. The van der Waals surface area contributed by atoms with Crippen LogP contribution in [0.1, 0.15) is 49.3 Å². The molecule has 0 bridgehead atoms. The Labute approximate surface area is 184 Å². The number of nitrogens with zero attached hydrogens (tertiary/aromatic N) is 3. The van der Waals surface area contributed by atoms with Crippen molar-refractivity contribution in [3.8, 4) is 6.07 Å². The highest BCUT2D eigenvalue weighted by molar-refractivity contribution is 6.23. The topological polar surface area (TPSA) is 120 Å². The predicted octanol–water partition coefficient (Wildman–Crippen LogP) is 3.81. The number of benzene rings is 2. The lowest BCUT2D eigenvalue weighted by Crippen LogP contribution is -2.43. The molecular weight excluding hydrogens is 413 g/mol. The van der Waals surface area contributed by atoms with Crippen LogP contribution in [0.2, 0.25) is 0 Å². The fourth-order valence-corrected chi connectivity index (χ4v) is 3.96. The molecular formula is C23H22FN5O3. The van der Waals surface area contributed by atoms with Crippen LogP contribution in [0.4, 0.5) is 25.4 Å². The van der Waals surface area contributed by atoms with Crippen molar-refractivity contribution in [2.45, 2.75) is 44.7 Å². The Bertz CT molecular complexity index is 1180. The quantitative estimate of drug-likeness (QED) is 0.694. The van der Waals surface area contributed by atoms with Crippen LogP contribution in [0.15, 0.2) is 36.4 Å². The second kappa shape index (κ2) is 7.64. The average Bonchev–Trinajstić information content (AvgIpc) is 3.55. The van der Waals surface area contributed by atoms with E-state index in [-0.39, 0.29) is 18.2 Å². The monoisotopic (exact) mass is 435 g/mol. The highest BCUT2D eigenvalue weighted by Crippen LogP contribution is 2.44. The molecule has 1 saturated carbocycles. The fraction of sp³-hybridized carbons (Fsp3) is 0.304. The van der Waals surface area contributed by atoms with E-state index >= 15 is 0 Å². The van der Waals surface area contributed by atoms with E-state index in [4.69, 9.17) is 5.73 Å². The number of nitrogens with one attached hydrogen (secondary N) is 1. The third-order valence-corrected chi connectivity index (χ3v) is 5.91. The summed E-state index contributed by atoms with van der Waals surface area (Å²) in [5.74, 6) is -0.726. The Kier molecular flexibility index (Phi) is 5.09. The van der Waals surface area contributed by atoms with Gasteiger partial charge >= 0.3 is 12.1 Å². The Balaban J connectivity index is 1.69. The lowest BCUT2D eigenvalue weighted by molar-refractivity contribution is -0.123. The lowest BCUT2D eigenvalue weighted by Gasteiger charge is -2.28. The molecule has 0 radical (unpaired) electrons. The van der Waals surface area contributed by atoms with Gasteiger partial charge in [0.1, 0.15) is 11.4 Å². The number of nitrogens with two attached hydrogens (primary N) is 1. The van der Waals surface area contributed by atoms with E-state index in [0.29, 0.717) is 16.8 Å². The van der Waals surface area contributed by atoms with Gasteiger partial charge in [0.15, 0.2) is 0 Å². The van der Waals surface area contributed by atoms with Crippen molar-refractivity contribution in [1.82, 2.24) is 4.90 Å². The number of primary amides is 1. The largest absolute Gasteiger partial charge is 0.351 e. The first-order chi connectivity index (χ1) is 15.1. The highest BCUT2D eigenvalue weighted by atomic mass is 19.1. The molecule has 1 heterocycles. The number of urea groups is 2. The normalized spacial score (nSPS) is 17.4. The summed E-state index contributed by atoms with van der Waals surface area (Å²) in [5, 5.41) is 11.7. The number of rotatable bonds is 5. The van der Waals surface area contributed by atoms with Gasteiger partial charge in [-0.1, -0.05) is 6.07 Å². The third kappa shape index (κ3) is 3.64. The molecule has 1 aliphatic carbocycles. The number of nitriles is 1. The zero-order valence-corrected chi connectivity index (χ0v) is 17.7. The van der Waals surface area contributed by atoms with E-state index in [1.165, 1.54) is 17.0 Å². The van der Waals surface area contributed by atoms with Crippen LogP contribution < -0.4 is 16.0 Å². The van der Waals surface area contributed by atoms with Gasteiger partial charge in [-0.2, -0.15) is 5.26 Å². The first kappa shape index (κ1) is 21.3. The van der Waals surface area contributed by atoms with E-state index < -0.39 is 29.3 Å². The molecule has 2 aliphatic rings.